The van der Waals surface area contributed by atoms with Gasteiger partial charge in [0.1, 0.15) is 11.6 Å². The Morgan fingerprint density at radius 1 is 1.05 bits per heavy atom. The molecule has 104 valence electrons. The van der Waals surface area contributed by atoms with Crippen molar-refractivity contribution in [2.75, 3.05) is 5.32 Å². The van der Waals surface area contributed by atoms with Crippen LogP contribution in [0.4, 0.5) is 15.9 Å². The minimum absolute atomic E-state index is 0.115. The number of carboxylic acids is 1. The van der Waals surface area contributed by atoms with Gasteiger partial charge >= 0.3 is 5.97 Å². The van der Waals surface area contributed by atoms with Crippen LogP contribution in [-0.4, -0.2) is 16.1 Å². The van der Waals surface area contributed by atoms with Gasteiger partial charge in [-0.05, 0) is 12.1 Å². The Bertz CT molecular complexity index is 833. The minimum Gasteiger partial charge on any atom is -0.478 e. The van der Waals surface area contributed by atoms with Gasteiger partial charge in [-0.1, -0.05) is 36.4 Å². The highest BCUT2D eigenvalue weighted by Gasteiger charge is 2.13. The second kappa shape index (κ2) is 5.20. The standard InChI is InChI=1S/C16H11FN2O2/c17-13-7-3-4-8-14(13)19-15-11-6-2-1-5-10(11)12(9-18-15)16(20)21/h1-9H,(H,18,19)(H,20,21). The van der Waals surface area contributed by atoms with Crippen LogP contribution in [0.1, 0.15) is 10.4 Å². The molecule has 0 aliphatic rings. The number of hydrogen-bond donors (Lipinski definition) is 2. The number of para-hydroxylation sites is 1. The quantitative estimate of drug-likeness (QED) is 0.766. The maximum atomic E-state index is 13.7. The highest BCUT2D eigenvalue weighted by molar-refractivity contribution is 6.06. The van der Waals surface area contributed by atoms with Crippen molar-refractivity contribution in [1.82, 2.24) is 4.98 Å². The predicted molar refractivity (Wildman–Crippen MR) is 78.4 cm³/mol. The first-order valence-corrected chi connectivity index (χ1v) is 6.29. The molecule has 0 saturated heterocycles. The van der Waals surface area contributed by atoms with Gasteiger partial charge in [0.25, 0.3) is 0 Å². The summed E-state index contributed by atoms with van der Waals surface area (Å²) in [5.41, 5.74) is 0.405. The molecule has 0 atom stereocenters. The molecule has 0 aliphatic carbocycles. The summed E-state index contributed by atoms with van der Waals surface area (Å²) in [6, 6.07) is 13.2. The van der Waals surface area contributed by atoms with E-state index in [-0.39, 0.29) is 5.56 Å². The Morgan fingerprint density at radius 2 is 1.71 bits per heavy atom. The van der Waals surface area contributed by atoms with Gasteiger partial charge in [0.2, 0.25) is 0 Å². The van der Waals surface area contributed by atoms with Gasteiger partial charge in [0.15, 0.2) is 0 Å². The molecule has 3 aromatic rings. The number of anilines is 2. The summed E-state index contributed by atoms with van der Waals surface area (Å²) < 4.78 is 13.7. The summed E-state index contributed by atoms with van der Waals surface area (Å²) in [5, 5.41) is 13.3. The Labute approximate surface area is 119 Å². The third kappa shape index (κ3) is 2.41. The molecule has 0 aliphatic heterocycles. The number of nitrogens with one attached hydrogen (secondary N) is 1. The van der Waals surface area contributed by atoms with E-state index in [1.807, 2.05) is 0 Å². The molecule has 0 unspecified atom stereocenters. The number of nitrogens with zero attached hydrogens (tertiary/aromatic N) is 1. The molecule has 0 spiro atoms. The normalized spacial score (nSPS) is 10.5. The van der Waals surface area contributed by atoms with E-state index in [0.29, 0.717) is 22.3 Å². The van der Waals surface area contributed by atoms with Crippen molar-refractivity contribution in [1.29, 1.82) is 0 Å². The number of pyridine rings is 1. The molecular weight excluding hydrogens is 271 g/mol. The van der Waals surface area contributed by atoms with Crippen LogP contribution in [0.15, 0.2) is 54.7 Å². The monoisotopic (exact) mass is 282 g/mol. The van der Waals surface area contributed by atoms with Crippen LogP contribution < -0.4 is 5.32 Å². The zero-order chi connectivity index (χ0) is 14.8. The molecule has 1 aromatic heterocycles. The lowest BCUT2D eigenvalue weighted by Crippen LogP contribution is -2.02. The summed E-state index contributed by atoms with van der Waals surface area (Å²) in [6.07, 6.45) is 1.27. The fourth-order valence-electron chi connectivity index (χ4n) is 2.15. The van der Waals surface area contributed by atoms with E-state index in [4.69, 9.17) is 0 Å². The Morgan fingerprint density at radius 3 is 2.43 bits per heavy atom. The fourth-order valence-corrected chi connectivity index (χ4v) is 2.15. The maximum Gasteiger partial charge on any atom is 0.337 e. The molecule has 2 aromatic carbocycles. The summed E-state index contributed by atoms with van der Waals surface area (Å²) >= 11 is 0. The number of aromatic carboxylic acids is 1. The van der Waals surface area contributed by atoms with Gasteiger partial charge in [0, 0.05) is 17.0 Å². The van der Waals surface area contributed by atoms with Gasteiger partial charge < -0.3 is 10.4 Å². The van der Waals surface area contributed by atoms with Gasteiger partial charge in [-0.15, -0.1) is 0 Å². The van der Waals surface area contributed by atoms with Crippen LogP contribution in [-0.2, 0) is 0 Å². The zero-order valence-electron chi connectivity index (χ0n) is 10.9. The van der Waals surface area contributed by atoms with E-state index in [1.54, 1.807) is 42.5 Å². The molecule has 4 nitrogen and oxygen atoms in total. The number of carbonyl (C=O) groups is 1. The smallest absolute Gasteiger partial charge is 0.337 e. The number of benzene rings is 2. The van der Waals surface area contributed by atoms with E-state index in [0.717, 1.165) is 0 Å². The van der Waals surface area contributed by atoms with Crippen molar-refractivity contribution in [3.63, 3.8) is 0 Å². The van der Waals surface area contributed by atoms with Gasteiger partial charge in [0.05, 0.1) is 11.3 Å². The second-order valence-electron chi connectivity index (χ2n) is 4.48. The van der Waals surface area contributed by atoms with Crippen molar-refractivity contribution in [3.05, 3.63) is 66.1 Å². The molecule has 0 fully saturated rings. The first kappa shape index (κ1) is 13.1. The third-order valence-corrected chi connectivity index (χ3v) is 3.15. The molecule has 21 heavy (non-hydrogen) atoms. The van der Waals surface area contributed by atoms with Gasteiger partial charge in [-0.3, -0.25) is 0 Å². The maximum absolute atomic E-state index is 13.7. The molecule has 0 amide bonds. The SMILES string of the molecule is O=C(O)c1cnc(Nc2ccccc2F)c2ccccc12. The lowest BCUT2D eigenvalue weighted by atomic mass is 10.1. The topological polar surface area (TPSA) is 62.2 Å². The molecule has 0 bridgehead atoms. The number of carboxylic acid groups (broad SMARTS) is 1. The Balaban J connectivity index is 2.14. The highest BCUT2D eigenvalue weighted by atomic mass is 19.1. The lowest BCUT2D eigenvalue weighted by Gasteiger charge is -2.11. The molecule has 3 rings (SSSR count). The van der Waals surface area contributed by atoms with Crippen LogP contribution in [0.3, 0.4) is 0 Å². The second-order valence-corrected chi connectivity index (χ2v) is 4.48. The van der Waals surface area contributed by atoms with Crippen molar-refractivity contribution < 1.29 is 14.3 Å². The zero-order valence-corrected chi connectivity index (χ0v) is 10.9. The average Bonchev–Trinajstić information content (AvgIpc) is 2.49. The van der Waals surface area contributed by atoms with Crippen LogP contribution in [0.2, 0.25) is 0 Å². The van der Waals surface area contributed by atoms with E-state index in [9.17, 15) is 14.3 Å². The first-order chi connectivity index (χ1) is 10.2. The summed E-state index contributed by atoms with van der Waals surface area (Å²) in [4.78, 5) is 15.3. The van der Waals surface area contributed by atoms with Crippen molar-refractivity contribution in [3.8, 4) is 0 Å². The van der Waals surface area contributed by atoms with E-state index in [1.165, 1.54) is 12.3 Å². The van der Waals surface area contributed by atoms with Crippen LogP contribution >= 0.6 is 0 Å². The molecule has 0 radical (unpaired) electrons. The largest absolute Gasteiger partial charge is 0.478 e. The molecule has 2 N–H and O–H groups in total. The van der Waals surface area contributed by atoms with Crippen molar-refractivity contribution >= 4 is 28.2 Å². The average molecular weight is 282 g/mol. The Hall–Kier alpha value is -2.95. The first-order valence-electron chi connectivity index (χ1n) is 6.29. The van der Waals surface area contributed by atoms with E-state index < -0.39 is 11.8 Å². The summed E-state index contributed by atoms with van der Waals surface area (Å²) in [6.45, 7) is 0. The number of hydrogen-bond acceptors (Lipinski definition) is 3. The van der Waals surface area contributed by atoms with Crippen LogP contribution in [0.5, 0.6) is 0 Å². The van der Waals surface area contributed by atoms with Crippen molar-refractivity contribution in [2.24, 2.45) is 0 Å². The number of aromatic nitrogens is 1. The number of halogens is 1. The summed E-state index contributed by atoms with van der Waals surface area (Å²) in [5.74, 6) is -1.03. The number of fused-ring (bicyclic) bond motifs is 1. The van der Waals surface area contributed by atoms with Crippen molar-refractivity contribution in [2.45, 2.75) is 0 Å². The predicted octanol–water partition coefficient (Wildman–Crippen LogP) is 3.82. The molecular formula is C16H11FN2O2. The lowest BCUT2D eigenvalue weighted by molar-refractivity contribution is 0.0698. The van der Waals surface area contributed by atoms with Gasteiger partial charge in [-0.25, -0.2) is 14.2 Å². The van der Waals surface area contributed by atoms with Crippen LogP contribution in [0.25, 0.3) is 10.8 Å². The summed E-state index contributed by atoms with van der Waals surface area (Å²) in [7, 11) is 0. The third-order valence-electron chi connectivity index (χ3n) is 3.15. The number of rotatable bonds is 3. The van der Waals surface area contributed by atoms with E-state index >= 15 is 0 Å². The van der Waals surface area contributed by atoms with Gasteiger partial charge in [-0.2, -0.15) is 0 Å². The Kier molecular flexibility index (Phi) is 3.23. The highest BCUT2D eigenvalue weighted by Crippen LogP contribution is 2.27. The molecule has 5 heteroatoms. The fraction of sp³-hybridized carbons (Fsp3) is 0. The molecule has 1 heterocycles. The van der Waals surface area contributed by atoms with E-state index in [2.05, 4.69) is 10.3 Å². The van der Waals surface area contributed by atoms with Crippen LogP contribution in [0, 0.1) is 5.82 Å². The molecule has 0 saturated carbocycles. The minimum atomic E-state index is -1.05.